The lowest BCUT2D eigenvalue weighted by Gasteiger charge is -2.14. The fourth-order valence-electron chi connectivity index (χ4n) is 3.02. The van der Waals surface area contributed by atoms with Crippen molar-refractivity contribution >= 4 is 23.8 Å². The number of nitrogen functional groups attached to an aromatic ring is 1. The quantitative estimate of drug-likeness (QED) is 0.429. The maximum Gasteiger partial charge on any atom is 0.216 e. The fourth-order valence-corrected chi connectivity index (χ4v) is 3.42. The summed E-state index contributed by atoms with van der Waals surface area (Å²) in [7, 11) is 0. The van der Waals surface area contributed by atoms with Gasteiger partial charge in [-0.05, 0) is 36.0 Å². The van der Waals surface area contributed by atoms with Gasteiger partial charge in [-0.15, -0.1) is 0 Å². The van der Waals surface area contributed by atoms with Crippen LogP contribution >= 0.6 is 23.8 Å². The van der Waals surface area contributed by atoms with Crippen LogP contribution in [0.15, 0.2) is 54.9 Å². The van der Waals surface area contributed by atoms with Gasteiger partial charge in [-0.25, -0.2) is 13.7 Å². The van der Waals surface area contributed by atoms with Crippen LogP contribution in [0, 0.1) is 10.6 Å². The van der Waals surface area contributed by atoms with Crippen molar-refractivity contribution in [3.05, 3.63) is 81.6 Å². The van der Waals surface area contributed by atoms with Crippen LogP contribution in [-0.4, -0.2) is 14.5 Å². The van der Waals surface area contributed by atoms with Crippen LogP contribution in [0.2, 0.25) is 5.02 Å². The number of hydrogen-bond acceptors (Lipinski definition) is 4. The van der Waals surface area contributed by atoms with Crippen molar-refractivity contribution < 1.29 is 9.13 Å². The number of hydrogen-bond donors (Lipinski definition) is 1. The van der Waals surface area contributed by atoms with E-state index in [9.17, 15) is 4.39 Å². The van der Waals surface area contributed by atoms with Crippen molar-refractivity contribution in [1.82, 2.24) is 14.5 Å². The highest BCUT2D eigenvalue weighted by Gasteiger charge is 2.59. The monoisotopic (exact) mass is 376 g/mol. The number of epoxide rings is 1. The molecule has 2 heterocycles. The number of rotatable bonds is 4. The van der Waals surface area contributed by atoms with Crippen molar-refractivity contribution in [3.8, 4) is 0 Å². The molecule has 8 heteroatoms. The third-order valence-corrected chi connectivity index (χ3v) is 5.12. The zero-order chi connectivity index (χ0) is 17.6. The van der Waals surface area contributed by atoms with E-state index in [4.69, 9.17) is 34.4 Å². The van der Waals surface area contributed by atoms with Crippen molar-refractivity contribution in [2.75, 3.05) is 5.84 Å². The zero-order valence-corrected chi connectivity index (χ0v) is 14.5. The maximum absolute atomic E-state index is 13.4. The molecule has 128 valence electrons. The lowest BCUT2D eigenvalue weighted by atomic mass is 9.91. The summed E-state index contributed by atoms with van der Waals surface area (Å²) in [6.07, 6.45) is 1.16. The van der Waals surface area contributed by atoms with Crippen LogP contribution in [0.4, 0.5) is 4.39 Å². The summed E-state index contributed by atoms with van der Waals surface area (Å²) in [6.45, 7) is 0.345. The van der Waals surface area contributed by atoms with E-state index >= 15 is 0 Å². The van der Waals surface area contributed by atoms with Gasteiger partial charge in [0.1, 0.15) is 23.8 Å². The third kappa shape index (κ3) is 2.74. The highest BCUT2D eigenvalue weighted by atomic mass is 35.5. The summed E-state index contributed by atoms with van der Waals surface area (Å²) in [4.78, 5) is 0. The molecule has 0 spiro atoms. The van der Waals surface area contributed by atoms with Gasteiger partial charge in [0.25, 0.3) is 0 Å². The number of ether oxygens (including phenoxy) is 1. The second-order valence-electron chi connectivity index (χ2n) is 5.89. The molecule has 0 unspecified atom stereocenters. The molecular formula is C17H14ClFN4OS. The summed E-state index contributed by atoms with van der Waals surface area (Å²) in [5, 5.41) is 4.81. The summed E-state index contributed by atoms with van der Waals surface area (Å²) in [6, 6.07) is 13.7. The molecule has 1 fully saturated rings. The van der Waals surface area contributed by atoms with Gasteiger partial charge < -0.3 is 10.6 Å². The Morgan fingerprint density at radius 2 is 1.96 bits per heavy atom. The smallest absolute Gasteiger partial charge is 0.216 e. The van der Waals surface area contributed by atoms with Gasteiger partial charge in [0.2, 0.25) is 4.77 Å². The maximum atomic E-state index is 13.4. The van der Waals surface area contributed by atoms with Gasteiger partial charge in [0, 0.05) is 10.6 Å². The molecular weight excluding hydrogens is 363 g/mol. The molecule has 2 aromatic carbocycles. The highest BCUT2D eigenvalue weighted by molar-refractivity contribution is 7.71. The molecule has 5 nitrogen and oxygen atoms in total. The normalized spacial score (nSPS) is 22.1. The Labute approximate surface area is 153 Å². The summed E-state index contributed by atoms with van der Waals surface area (Å²) >= 11 is 11.6. The minimum atomic E-state index is -0.731. The SMILES string of the molecule is Nn1cnn(C[C@]2(c3ccc(F)cc3)O[C@H]2c2ccccc2Cl)c1=S. The van der Waals surface area contributed by atoms with E-state index in [-0.39, 0.29) is 11.9 Å². The zero-order valence-electron chi connectivity index (χ0n) is 13.0. The van der Waals surface area contributed by atoms with E-state index in [1.807, 2.05) is 24.3 Å². The molecule has 4 rings (SSSR count). The van der Waals surface area contributed by atoms with E-state index < -0.39 is 5.60 Å². The van der Waals surface area contributed by atoms with Crippen LogP contribution in [0.3, 0.4) is 0 Å². The Kier molecular flexibility index (Phi) is 3.87. The molecule has 3 aromatic rings. The summed E-state index contributed by atoms with van der Waals surface area (Å²) in [5.74, 6) is 5.42. The van der Waals surface area contributed by atoms with Gasteiger partial charge >= 0.3 is 0 Å². The molecule has 25 heavy (non-hydrogen) atoms. The first-order chi connectivity index (χ1) is 12.0. The predicted molar refractivity (Wildman–Crippen MR) is 94.6 cm³/mol. The first kappa shape index (κ1) is 16.3. The van der Waals surface area contributed by atoms with Crippen molar-refractivity contribution in [2.45, 2.75) is 18.2 Å². The van der Waals surface area contributed by atoms with E-state index in [2.05, 4.69) is 5.10 Å². The second-order valence-corrected chi connectivity index (χ2v) is 6.67. The van der Waals surface area contributed by atoms with Crippen LogP contribution in [0.5, 0.6) is 0 Å². The minimum absolute atomic E-state index is 0.281. The average Bonchev–Trinajstić information content (AvgIpc) is 3.25. The number of nitrogens with two attached hydrogens (primary N) is 1. The molecule has 0 aliphatic carbocycles. The van der Waals surface area contributed by atoms with Gasteiger partial charge in [-0.2, -0.15) is 5.10 Å². The number of halogens is 2. The van der Waals surface area contributed by atoms with Crippen molar-refractivity contribution in [2.24, 2.45) is 0 Å². The standard InChI is InChI=1S/C17H14ClFN4OS/c18-14-4-2-1-3-13(14)15-17(24-15,11-5-7-12(19)8-6-11)9-23-16(25)22(20)10-21-23/h1-8,10,15H,9,20H2/t15-,17+/m0/s1. The summed E-state index contributed by atoms with van der Waals surface area (Å²) in [5.41, 5.74) is 0.963. The number of benzene rings is 2. The lowest BCUT2D eigenvalue weighted by molar-refractivity contribution is 0.261. The molecule has 1 aliphatic heterocycles. The van der Waals surface area contributed by atoms with Gasteiger partial charge in [-0.1, -0.05) is 41.9 Å². The molecule has 2 atom stereocenters. The highest BCUT2D eigenvalue weighted by Crippen LogP contribution is 2.59. The Bertz CT molecular complexity index is 987. The van der Waals surface area contributed by atoms with E-state index in [1.165, 1.54) is 23.1 Å². The predicted octanol–water partition coefficient (Wildman–Crippen LogP) is 3.59. The van der Waals surface area contributed by atoms with E-state index in [1.54, 1.807) is 16.8 Å². The first-order valence-corrected chi connectivity index (χ1v) is 8.38. The third-order valence-electron chi connectivity index (χ3n) is 4.36. The Morgan fingerprint density at radius 1 is 1.24 bits per heavy atom. The molecule has 1 saturated heterocycles. The Morgan fingerprint density at radius 3 is 2.60 bits per heavy atom. The van der Waals surface area contributed by atoms with Crippen LogP contribution in [0.1, 0.15) is 17.2 Å². The lowest BCUT2D eigenvalue weighted by Crippen LogP contribution is -2.21. The van der Waals surface area contributed by atoms with Crippen LogP contribution < -0.4 is 5.84 Å². The van der Waals surface area contributed by atoms with Gasteiger partial charge in [-0.3, -0.25) is 0 Å². The molecule has 0 saturated carbocycles. The number of aromatic nitrogens is 3. The van der Waals surface area contributed by atoms with Gasteiger partial charge in [0.15, 0.2) is 0 Å². The van der Waals surface area contributed by atoms with Crippen molar-refractivity contribution in [3.63, 3.8) is 0 Å². The first-order valence-electron chi connectivity index (χ1n) is 7.59. The Balaban J connectivity index is 1.78. The molecule has 2 N–H and O–H groups in total. The largest absolute Gasteiger partial charge is 0.354 e. The molecule has 0 amide bonds. The van der Waals surface area contributed by atoms with Crippen LogP contribution in [0.25, 0.3) is 0 Å². The average molecular weight is 377 g/mol. The molecule has 0 radical (unpaired) electrons. The van der Waals surface area contributed by atoms with Crippen molar-refractivity contribution in [1.29, 1.82) is 0 Å². The second kappa shape index (κ2) is 5.94. The Hall–Kier alpha value is -2.22. The van der Waals surface area contributed by atoms with Crippen LogP contribution in [-0.2, 0) is 16.9 Å². The molecule has 0 bridgehead atoms. The molecule has 1 aromatic heterocycles. The molecule has 1 aliphatic rings. The van der Waals surface area contributed by atoms with E-state index in [0.717, 1.165) is 11.1 Å². The van der Waals surface area contributed by atoms with Gasteiger partial charge in [0.05, 0.1) is 6.54 Å². The minimum Gasteiger partial charge on any atom is -0.354 e. The number of nitrogens with zero attached hydrogens (tertiary/aromatic N) is 3. The summed E-state index contributed by atoms with van der Waals surface area (Å²) < 4.78 is 22.7. The van der Waals surface area contributed by atoms with E-state index in [0.29, 0.717) is 16.3 Å². The topological polar surface area (TPSA) is 61.3 Å². The fraction of sp³-hybridized carbons (Fsp3) is 0.176.